The standard InChI is InChI=1S/C19H27N3O2.ClH/c1-12-6-7-13(17(23)21-14-8-9-14)11-16(12)22-18(24)15-5-3-4-10-19(15,2)20;/h6-7,11,14-15H,3-5,8-10,20H2,1-2H3,(H,21,23)(H,22,24);1H. The average molecular weight is 366 g/mol. The molecule has 0 bridgehead atoms. The number of hydrogen-bond acceptors (Lipinski definition) is 3. The number of hydrogen-bond donors (Lipinski definition) is 3. The first-order valence-electron chi connectivity index (χ1n) is 8.88. The van der Waals surface area contributed by atoms with Gasteiger partial charge in [0.05, 0.1) is 5.92 Å². The number of rotatable bonds is 4. The highest BCUT2D eigenvalue weighted by Gasteiger charge is 2.37. The summed E-state index contributed by atoms with van der Waals surface area (Å²) < 4.78 is 0. The molecule has 1 aromatic carbocycles. The van der Waals surface area contributed by atoms with Crippen LogP contribution >= 0.6 is 12.4 Å². The Hall–Kier alpha value is -1.59. The van der Waals surface area contributed by atoms with E-state index in [2.05, 4.69) is 10.6 Å². The lowest BCUT2D eigenvalue weighted by Gasteiger charge is -2.37. The zero-order valence-electron chi connectivity index (χ0n) is 14.9. The minimum absolute atomic E-state index is 0. The molecular weight excluding hydrogens is 338 g/mol. The van der Waals surface area contributed by atoms with E-state index in [1.165, 1.54) is 0 Å². The molecule has 4 N–H and O–H groups in total. The van der Waals surface area contributed by atoms with E-state index in [4.69, 9.17) is 5.73 Å². The van der Waals surface area contributed by atoms with Gasteiger partial charge in [-0.1, -0.05) is 18.9 Å². The van der Waals surface area contributed by atoms with Crippen LogP contribution < -0.4 is 16.4 Å². The molecule has 2 unspecified atom stereocenters. The molecule has 3 rings (SSSR count). The maximum absolute atomic E-state index is 12.7. The van der Waals surface area contributed by atoms with Gasteiger partial charge in [-0.15, -0.1) is 12.4 Å². The molecule has 0 radical (unpaired) electrons. The third kappa shape index (κ3) is 4.73. The van der Waals surface area contributed by atoms with Gasteiger partial charge >= 0.3 is 0 Å². The van der Waals surface area contributed by atoms with E-state index >= 15 is 0 Å². The fraction of sp³-hybridized carbons (Fsp3) is 0.579. The number of carbonyl (C=O) groups is 2. The lowest BCUT2D eigenvalue weighted by molar-refractivity contribution is -0.122. The second-order valence-electron chi connectivity index (χ2n) is 7.57. The van der Waals surface area contributed by atoms with Crippen LogP contribution in [0.3, 0.4) is 0 Å². The Labute approximate surface area is 155 Å². The van der Waals surface area contributed by atoms with Gasteiger partial charge in [-0.25, -0.2) is 0 Å². The summed E-state index contributed by atoms with van der Waals surface area (Å²) in [5, 5.41) is 5.98. The first kappa shape index (κ1) is 19.7. The van der Waals surface area contributed by atoms with Crippen LogP contribution in [0.25, 0.3) is 0 Å². The molecule has 6 heteroatoms. The van der Waals surface area contributed by atoms with E-state index in [9.17, 15) is 9.59 Å². The molecule has 2 atom stereocenters. The van der Waals surface area contributed by atoms with E-state index in [0.29, 0.717) is 17.3 Å². The van der Waals surface area contributed by atoms with Crippen LogP contribution in [-0.2, 0) is 4.79 Å². The van der Waals surface area contributed by atoms with Gasteiger partial charge in [0, 0.05) is 22.8 Å². The summed E-state index contributed by atoms with van der Waals surface area (Å²) in [7, 11) is 0. The van der Waals surface area contributed by atoms with E-state index in [1.807, 2.05) is 19.9 Å². The number of amides is 2. The van der Waals surface area contributed by atoms with Crippen LogP contribution in [0.5, 0.6) is 0 Å². The minimum Gasteiger partial charge on any atom is -0.349 e. The summed E-state index contributed by atoms with van der Waals surface area (Å²) in [6.45, 7) is 3.89. The largest absolute Gasteiger partial charge is 0.349 e. The van der Waals surface area contributed by atoms with Gasteiger partial charge in [0.2, 0.25) is 5.91 Å². The Kier molecular flexibility index (Phi) is 6.12. The first-order valence-corrected chi connectivity index (χ1v) is 8.88. The molecule has 0 aliphatic heterocycles. The van der Waals surface area contributed by atoms with Crippen LogP contribution in [0.15, 0.2) is 18.2 Å². The Balaban J connectivity index is 0.00000225. The molecule has 2 amide bonds. The first-order chi connectivity index (χ1) is 11.4. The molecule has 25 heavy (non-hydrogen) atoms. The van der Waals surface area contributed by atoms with Crippen molar-refractivity contribution in [3.05, 3.63) is 29.3 Å². The normalized spacial score (nSPS) is 25.6. The van der Waals surface area contributed by atoms with Crippen molar-refractivity contribution in [1.29, 1.82) is 0 Å². The minimum atomic E-state index is -0.461. The van der Waals surface area contributed by atoms with E-state index in [1.54, 1.807) is 12.1 Å². The summed E-state index contributed by atoms with van der Waals surface area (Å²) in [5.74, 6) is -0.300. The van der Waals surface area contributed by atoms with Crippen LogP contribution in [0.1, 0.15) is 61.4 Å². The van der Waals surface area contributed by atoms with Gasteiger partial charge in [-0.2, -0.15) is 0 Å². The highest BCUT2D eigenvalue weighted by Crippen LogP contribution is 2.33. The van der Waals surface area contributed by atoms with Gasteiger partial charge < -0.3 is 16.4 Å². The van der Waals surface area contributed by atoms with Crippen molar-refractivity contribution in [3.63, 3.8) is 0 Å². The molecule has 0 heterocycles. The van der Waals surface area contributed by atoms with Gasteiger partial charge in [-0.05, 0) is 57.2 Å². The molecule has 0 aromatic heterocycles. The summed E-state index contributed by atoms with van der Waals surface area (Å²) >= 11 is 0. The molecule has 138 valence electrons. The van der Waals surface area contributed by atoms with Crippen LogP contribution in [0, 0.1) is 12.8 Å². The second kappa shape index (κ2) is 7.75. The van der Waals surface area contributed by atoms with Crippen LogP contribution in [0.2, 0.25) is 0 Å². The third-order valence-electron chi connectivity index (χ3n) is 5.24. The summed E-state index contributed by atoms with van der Waals surface area (Å²) in [6, 6.07) is 5.76. The molecule has 2 fully saturated rings. The SMILES string of the molecule is Cc1ccc(C(=O)NC2CC2)cc1NC(=O)C1CCCCC1(C)N.Cl. The maximum Gasteiger partial charge on any atom is 0.251 e. The van der Waals surface area contributed by atoms with Crippen LogP contribution in [-0.4, -0.2) is 23.4 Å². The van der Waals surface area contributed by atoms with Crippen molar-refractivity contribution in [2.24, 2.45) is 11.7 Å². The molecule has 2 saturated carbocycles. The lowest BCUT2D eigenvalue weighted by atomic mass is 9.74. The molecule has 2 aliphatic carbocycles. The fourth-order valence-corrected chi connectivity index (χ4v) is 3.40. The monoisotopic (exact) mass is 365 g/mol. The predicted molar refractivity (Wildman–Crippen MR) is 102 cm³/mol. The highest BCUT2D eigenvalue weighted by molar-refractivity contribution is 5.98. The van der Waals surface area contributed by atoms with Gasteiger partial charge in [0.25, 0.3) is 5.91 Å². The predicted octanol–water partition coefficient (Wildman–Crippen LogP) is 3.16. The Bertz CT molecular complexity index is 656. The van der Waals surface area contributed by atoms with Crippen molar-refractivity contribution in [1.82, 2.24) is 5.32 Å². The zero-order chi connectivity index (χ0) is 17.3. The molecule has 1 aromatic rings. The topological polar surface area (TPSA) is 84.2 Å². The molecule has 0 spiro atoms. The summed E-state index contributed by atoms with van der Waals surface area (Å²) in [6.07, 6.45) is 5.91. The average Bonchev–Trinajstić information content (AvgIpc) is 3.32. The van der Waals surface area contributed by atoms with Crippen molar-refractivity contribution in [2.45, 2.75) is 64.0 Å². The number of halogens is 1. The van der Waals surface area contributed by atoms with Crippen LogP contribution in [0.4, 0.5) is 5.69 Å². The number of aryl methyl sites for hydroxylation is 1. The quantitative estimate of drug-likeness (QED) is 0.766. The second-order valence-corrected chi connectivity index (χ2v) is 7.57. The number of carbonyl (C=O) groups excluding carboxylic acids is 2. The third-order valence-corrected chi connectivity index (χ3v) is 5.24. The fourth-order valence-electron chi connectivity index (χ4n) is 3.40. The molecule has 0 saturated heterocycles. The number of benzene rings is 1. The Morgan fingerprint density at radius 3 is 2.56 bits per heavy atom. The van der Waals surface area contributed by atoms with Crippen molar-refractivity contribution in [3.8, 4) is 0 Å². The Morgan fingerprint density at radius 2 is 1.92 bits per heavy atom. The maximum atomic E-state index is 12.7. The lowest BCUT2D eigenvalue weighted by Crippen LogP contribution is -2.51. The number of nitrogens with one attached hydrogen (secondary N) is 2. The molecule has 2 aliphatic rings. The van der Waals surface area contributed by atoms with Gasteiger partial charge in [0.1, 0.15) is 0 Å². The highest BCUT2D eigenvalue weighted by atomic mass is 35.5. The van der Waals surface area contributed by atoms with E-state index in [0.717, 1.165) is 44.1 Å². The number of anilines is 1. The van der Waals surface area contributed by atoms with Crippen molar-refractivity contribution >= 4 is 29.9 Å². The van der Waals surface area contributed by atoms with E-state index in [-0.39, 0.29) is 30.1 Å². The molecular formula is C19H28ClN3O2. The number of nitrogens with two attached hydrogens (primary N) is 1. The summed E-state index contributed by atoms with van der Waals surface area (Å²) in [5.41, 5.74) is 8.10. The summed E-state index contributed by atoms with van der Waals surface area (Å²) in [4.78, 5) is 24.9. The van der Waals surface area contributed by atoms with E-state index < -0.39 is 5.54 Å². The van der Waals surface area contributed by atoms with Crippen molar-refractivity contribution < 1.29 is 9.59 Å². The van der Waals surface area contributed by atoms with Gasteiger partial charge in [0.15, 0.2) is 0 Å². The molecule has 5 nitrogen and oxygen atoms in total. The van der Waals surface area contributed by atoms with Crippen molar-refractivity contribution in [2.75, 3.05) is 5.32 Å². The van der Waals surface area contributed by atoms with Gasteiger partial charge in [-0.3, -0.25) is 9.59 Å². The Morgan fingerprint density at radius 1 is 1.20 bits per heavy atom. The smallest absolute Gasteiger partial charge is 0.251 e. The zero-order valence-corrected chi connectivity index (χ0v) is 15.7.